The van der Waals surface area contributed by atoms with E-state index in [2.05, 4.69) is 16.4 Å². The van der Waals surface area contributed by atoms with E-state index in [0.717, 1.165) is 17.7 Å². The second-order valence-corrected chi connectivity index (χ2v) is 4.78. The molecule has 0 unspecified atom stereocenters. The molecule has 4 nitrogen and oxygen atoms in total. The number of amides is 1. The van der Waals surface area contributed by atoms with Crippen LogP contribution in [0.4, 0.5) is 5.69 Å². The highest BCUT2D eigenvalue weighted by molar-refractivity contribution is 5.90. The molecule has 0 aliphatic heterocycles. The summed E-state index contributed by atoms with van der Waals surface area (Å²) >= 11 is 0. The Morgan fingerprint density at radius 1 is 1.33 bits per heavy atom. The summed E-state index contributed by atoms with van der Waals surface area (Å²) in [5, 5.41) is 12.1. The third-order valence-electron chi connectivity index (χ3n) is 3.09. The van der Waals surface area contributed by atoms with Crippen molar-refractivity contribution >= 4 is 11.6 Å². The molecule has 106 valence electrons. The molecule has 0 saturated heterocycles. The van der Waals surface area contributed by atoms with E-state index in [1.54, 1.807) is 12.3 Å². The SMILES string of the molecule is CCCC(=O)Nc1ccc(Cc2ccccn2)c(C#N)c1. The van der Waals surface area contributed by atoms with Gasteiger partial charge in [0.25, 0.3) is 0 Å². The Hall–Kier alpha value is -2.67. The number of nitriles is 1. The zero-order valence-corrected chi connectivity index (χ0v) is 12.0. The first-order valence-corrected chi connectivity index (χ1v) is 6.95. The van der Waals surface area contributed by atoms with E-state index in [1.165, 1.54) is 0 Å². The quantitative estimate of drug-likeness (QED) is 0.913. The van der Waals surface area contributed by atoms with Gasteiger partial charge in [-0.25, -0.2) is 0 Å². The fraction of sp³-hybridized carbons (Fsp3) is 0.235. The maximum Gasteiger partial charge on any atom is 0.224 e. The van der Waals surface area contributed by atoms with Crippen LogP contribution in [-0.4, -0.2) is 10.9 Å². The Labute approximate surface area is 124 Å². The Kier molecular flexibility index (Phi) is 5.05. The number of rotatable bonds is 5. The van der Waals surface area contributed by atoms with Crippen LogP contribution in [0.2, 0.25) is 0 Å². The summed E-state index contributed by atoms with van der Waals surface area (Å²) in [6.45, 7) is 1.95. The van der Waals surface area contributed by atoms with Crippen molar-refractivity contribution in [1.82, 2.24) is 4.98 Å². The van der Waals surface area contributed by atoms with E-state index in [1.807, 2.05) is 37.3 Å². The number of nitrogens with zero attached hydrogens (tertiary/aromatic N) is 2. The van der Waals surface area contributed by atoms with Gasteiger partial charge >= 0.3 is 0 Å². The van der Waals surface area contributed by atoms with Gasteiger partial charge < -0.3 is 5.32 Å². The Bertz CT molecular complexity index is 659. The molecule has 0 fully saturated rings. The minimum atomic E-state index is -0.0288. The summed E-state index contributed by atoms with van der Waals surface area (Å²) in [6.07, 6.45) is 3.62. The number of aromatic nitrogens is 1. The zero-order valence-electron chi connectivity index (χ0n) is 12.0. The monoisotopic (exact) mass is 279 g/mol. The van der Waals surface area contributed by atoms with Gasteiger partial charge in [-0.15, -0.1) is 0 Å². The van der Waals surface area contributed by atoms with Crippen LogP contribution in [-0.2, 0) is 11.2 Å². The Morgan fingerprint density at radius 2 is 2.19 bits per heavy atom. The molecule has 0 spiro atoms. The number of carbonyl (C=O) groups is 1. The first kappa shape index (κ1) is 14.7. The van der Waals surface area contributed by atoms with Gasteiger partial charge in [0, 0.05) is 30.4 Å². The van der Waals surface area contributed by atoms with Crippen LogP contribution in [0, 0.1) is 11.3 Å². The van der Waals surface area contributed by atoms with Crippen LogP contribution >= 0.6 is 0 Å². The lowest BCUT2D eigenvalue weighted by molar-refractivity contribution is -0.116. The molecule has 4 heteroatoms. The van der Waals surface area contributed by atoms with Gasteiger partial charge in [0.15, 0.2) is 0 Å². The molecule has 0 bridgehead atoms. The van der Waals surface area contributed by atoms with Crippen LogP contribution in [0.5, 0.6) is 0 Å². The smallest absolute Gasteiger partial charge is 0.224 e. The first-order valence-electron chi connectivity index (χ1n) is 6.95. The van der Waals surface area contributed by atoms with Crippen molar-refractivity contribution in [1.29, 1.82) is 5.26 Å². The standard InChI is InChI=1S/C17H17N3O/c1-2-5-17(21)20-16-8-7-13(14(11-16)12-18)10-15-6-3-4-9-19-15/h3-4,6-9,11H,2,5,10H2,1H3,(H,20,21). The minimum absolute atomic E-state index is 0.0288. The molecule has 0 aliphatic carbocycles. The van der Waals surface area contributed by atoms with Gasteiger partial charge in [0.05, 0.1) is 11.6 Å². The molecule has 1 amide bonds. The van der Waals surface area contributed by atoms with Crippen molar-refractivity contribution in [2.45, 2.75) is 26.2 Å². The molecule has 0 saturated carbocycles. The zero-order chi connectivity index (χ0) is 15.1. The van der Waals surface area contributed by atoms with Gasteiger partial charge in [-0.05, 0) is 36.2 Å². The molecular formula is C17H17N3O. The Balaban J connectivity index is 2.17. The number of hydrogen-bond donors (Lipinski definition) is 1. The highest BCUT2D eigenvalue weighted by atomic mass is 16.1. The average Bonchev–Trinajstić information content (AvgIpc) is 2.50. The number of anilines is 1. The van der Waals surface area contributed by atoms with Crippen LogP contribution in [0.25, 0.3) is 0 Å². The van der Waals surface area contributed by atoms with E-state index >= 15 is 0 Å². The minimum Gasteiger partial charge on any atom is -0.326 e. The topological polar surface area (TPSA) is 65.8 Å². The maximum atomic E-state index is 11.6. The third kappa shape index (κ3) is 4.15. The van der Waals surface area contributed by atoms with Crippen molar-refractivity contribution < 1.29 is 4.79 Å². The lowest BCUT2D eigenvalue weighted by Gasteiger charge is -2.08. The van der Waals surface area contributed by atoms with Crippen molar-refractivity contribution in [2.24, 2.45) is 0 Å². The molecule has 0 atom stereocenters. The van der Waals surface area contributed by atoms with Gasteiger partial charge in [-0.2, -0.15) is 5.26 Å². The van der Waals surface area contributed by atoms with Crippen molar-refractivity contribution in [3.8, 4) is 6.07 Å². The second kappa shape index (κ2) is 7.20. The molecule has 1 aromatic heterocycles. The molecule has 1 heterocycles. The van der Waals surface area contributed by atoms with Crippen LogP contribution in [0.15, 0.2) is 42.6 Å². The third-order valence-corrected chi connectivity index (χ3v) is 3.09. The highest BCUT2D eigenvalue weighted by Gasteiger charge is 2.07. The second-order valence-electron chi connectivity index (χ2n) is 4.78. The van der Waals surface area contributed by atoms with Crippen molar-refractivity contribution in [3.63, 3.8) is 0 Å². The molecule has 0 radical (unpaired) electrons. The van der Waals surface area contributed by atoms with Crippen LogP contribution < -0.4 is 5.32 Å². The predicted octanol–water partition coefficient (Wildman–Crippen LogP) is 3.28. The molecular weight excluding hydrogens is 262 g/mol. The van der Waals surface area contributed by atoms with Gasteiger partial charge in [0.2, 0.25) is 5.91 Å². The van der Waals surface area contributed by atoms with Crippen molar-refractivity contribution in [2.75, 3.05) is 5.32 Å². The van der Waals surface area contributed by atoms with Crippen LogP contribution in [0.1, 0.15) is 36.6 Å². The number of benzene rings is 1. The maximum absolute atomic E-state index is 11.6. The van der Waals surface area contributed by atoms with E-state index in [-0.39, 0.29) is 5.91 Å². The summed E-state index contributed by atoms with van der Waals surface area (Å²) in [5.74, 6) is -0.0288. The molecule has 2 aromatic rings. The molecule has 2 rings (SSSR count). The summed E-state index contributed by atoms with van der Waals surface area (Å²) in [4.78, 5) is 15.8. The van der Waals surface area contributed by atoms with Crippen LogP contribution in [0.3, 0.4) is 0 Å². The summed E-state index contributed by atoms with van der Waals surface area (Å²) < 4.78 is 0. The number of nitrogens with one attached hydrogen (secondary N) is 1. The van der Waals surface area contributed by atoms with Gasteiger partial charge in [-0.3, -0.25) is 9.78 Å². The van der Waals surface area contributed by atoms with Gasteiger partial charge in [0.1, 0.15) is 0 Å². The largest absolute Gasteiger partial charge is 0.326 e. The van der Waals surface area contributed by atoms with E-state index in [9.17, 15) is 10.1 Å². The predicted molar refractivity (Wildman–Crippen MR) is 81.7 cm³/mol. The van der Waals surface area contributed by atoms with Gasteiger partial charge in [-0.1, -0.05) is 19.1 Å². The fourth-order valence-electron chi connectivity index (χ4n) is 2.06. The fourth-order valence-corrected chi connectivity index (χ4v) is 2.06. The summed E-state index contributed by atoms with van der Waals surface area (Å²) in [7, 11) is 0. The summed E-state index contributed by atoms with van der Waals surface area (Å²) in [5.41, 5.74) is 3.05. The summed E-state index contributed by atoms with van der Waals surface area (Å²) in [6, 6.07) is 13.3. The molecule has 0 aliphatic rings. The van der Waals surface area contributed by atoms with E-state index < -0.39 is 0 Å². The highest BCUT2D eigenvalue weighted by Crippen LogP contribution is 2.18. The number of hydrogen-bond acceptors (Lipinski definition) is 3. The first-order chi connectivity index (χ1) is 10.2. The number of carbonyl (C=O) groups excluding carboxylic acids is 1. The lowest BCUT2D eigenvalue weighted by atomic mass is 10.0. The Morgan fingerprint density at radius 3 is 2.86 bits per heavy atom. The molecule has 21 heavy (non-hydrogen) atoms. The van der Waals surface area contributed by atoms with E-state index in [4.69, 9.17) is 0 Å². The van der Waals surface area contributed by atoms with Crippen molar-refractivity contribution in [3.05, 3.63) is 59.4 Å². The molecule has 1 N–H and O–H groups in total. The average molecular weight is 279 g/mol. The lowest BCUT2D eigenvalue weighted by Crippen LogP contribution is -2.11. The van der Waals surface area contributed by atoms with E-state index in [0.29, 0.717) is 24.1 Å². The molecule has 1 aromatic carbocycles. The number of pyridine rings is 1. The normalized spacial score (nSPS) is 9.90.